The molecule has 8 nitrogen and oxygen atoms in total. The summed E-state index contributed by atoms with van der Waals surface area (Å²) in [5, 5.41) is 8.05. The minimum Gasteiger partial charge on any atom is -0.369 e. The summed E-state index contributed by atoms with van der Waals surface area (Å²) in [6.07, 6.45) is 4.64. The van der Waals surface area contributed by atoms with E-state index in [1.807, 2.05) is 18.2 Å². The average Bonchev–Trinajstić information content (AvgIpc) is 2.80. The van der Waals surface area contributed by atoms with Gasteiger partial charge in [0.2, 0.25) is 5.82 Å². The lowest BCUT2D eigenvalue weighted by Crippen LogP contribution is -2.51. The van der Waals surface area contributed by atoms with Crippen molar-refractivity contribution in [2.24, 2.45) is 20.0 Å². The summed E-state index contributed by atoms with van der Waals surface area (Å²) in [4.78, 5) is 29.0. The van der Waals surface area contributed by atoms with Crippen LogP contribution in [0.2, 0.25) is 5.02 Å². The monoisotopic (exact) mass is 446 g/mol. The van der Waals surface area contributed by atoms with Crippen LogP contribution in [-0.4, -0.2) is 58.0 Å². The first kappa shape index (κ1) is 21.9. The van der Waals surface area contributed by atoms with Gasteiger partial charge in [0, 0.05) is 63.6 Å². The van der Waals surface area contributed by atoms with Crippen molar-refractivity contribution in [3.8, 4) is 0 Å². The standard InChI is InChI=1S/C22H31ClN6O2/c1-26-21(30)20(25-27(2)22(26)31)24-15-16-6-8-18(9-7-16)28-10-12-29(13-11-28)19-5-3-4-17(23)14-19/h3-5,14,16,18H,6-13,15H2,1-2H3,(H,24,25)/t16-,18+. The Labute approximate surface area is 187 Å². The predicted octanol–water partition coefficient (Wildman–Crippen LogP) is 1.93. The molecule has 1 saturated heterocycles. The van der Waals surface area contributed by atoms with Gasteiger partial charge in [-0.15, -0.1) is 5.10 Å². The molecule has 2 aromatic rings. The zero-order valence-corrected chi connectivity index (χ0v) is 19.0. The van der Waals surface area contributed by atoms with Crippen molar-refractivity contribution in [3.63, 3.8) is 0 Å². The summed E-state index contributed by atoms with van der Waals surface area (Å²) < 4.78 is 2.29. The molecule has 2 aliphatic rings. The van der Waals surface area contributed by atoms with Crippen molar-refractivity contribution < 1.29 is 0 Å². The summed E-state index contributed by atoms with van der Waals surface area (Å²) in [7, 11) is 3.04. The fraction of sp³-hybridized carbons (Fsp3) is 0.591. The highest BCUT2D eigenvalue weighted by Crippen LogP contribution is 2.29. The van der Waals surface area contributed by atoms with Crippen LogP contribution in [0.5, 0.6) is 0 Å². The molecule has 1 N–H and O–H groups in total. The maximum Gasteiger partial charge on any atom is 0.346 e. The van der Waals surface area contributed by atoms with Gasteiger partial charge < -0.3 is 10.2 Å². The third-order valence-electron chi connectivity index (χ3n) is 6.70. The quantitative estimate of drug-likeness (QED) is 0.756. The first-order valence-electron chi connectivity index (χ1n) is 11.0. The molecule has 0 amide bonds. The zero-order valence-electron chi connectivity index (χ0n) is 18.3. The van der Waals surface area contributed by atoms with Gasteiger partial charge in [-0.2, -0.15) is 0 Å². The molecule has 1 aromatic carbocycles. The van der Waals surface area contributed by atoms with Crippen molar-refractivity contribution in [1.82, 2.24) is 19.2 Å². The summed E-state index contributed by atoms with van der Waals surface area (Å²) in [6, 6.07) is 8.75. The fourth-order valence-electron chi connectivity index (χ4n) is 4.78. The highest BCUT2D eigenvalue weighted by molar-refractivity contribution is 6.30. The number of halogens is 1. The van der Waals surface area contributed by atoms with E-state index in [4.69, 9.17) is 11.6 Å². The summed E-state index contributed by atoms with van der Waals surface area (Å²) in [5.74, 6) is 0.775. The third-order valence-corrected chi connectivity index (χ3v) is 6.93. The van der Waals surface area contributed by atoms with Crippen LogP contribution >= 0.6 is 11.6 Å². The molecule has 0 atom stereocenters. The van der Waals surface area contributed by atoms with E-state index in [0.29, 0.717) is 12.0 Å². The van der Waals surface area contributed by atoms with Crippen molar-refractivity contribution in [2.75, 3.05) is 42.9 Å². The van der Waals surface area contributed by atoms with E-state index in [1.165, 1.54) is 30.3 Å². The lowest BCUT2D eigenvalue weighted by atomic mass is 9.85. The topological polar surface area (TPSA) is 75.4 Å². The largest absolute Gasteiger partial charge is 0.369 e. The number of piperazine rings is 1. The smallest absolute Gasteiger partial charge is 0.346 e. The molecule has 4 rings (SSSR count). The zero-order chi connectivity index (χ0) is 22.0. The SMILES string of the molecule is Cn1nc(NC[C@H]2CC[C@@H](N3CCN(c4cccc(Cl)c4)CC3)CC2)c(=O)n(C)c1=O. The summed E-state index contributed by atoms with van der Waals surface area (Å²) >= 11 is 6.14. The van der Waals surface area contributed by atoms with Crippen LogP contribution in [0.25, 0.3) is 0 Å². The van der Waals surface area contributed by atoms with Gasteiger partial charge in [-0.1, -0.05) is 17.7 Å². The Morgan fingerprint density at radius 3 is 2.45 bits per heavy atom. The highest BCUT2D eigenvalue weighted by atomic mass is 35.5. The van der Waals surface area contributed by atoms with Gasteiger partial charge in [0.05, 0.1) is 0 Å². The number of rotatable bonds is 5. The molecule has 2 heterocycles. The van der Waals surface area contributed by atoms with E-state index in [0.717, 1.165) is 55.2 Å². The molecule has 0 unspecified atom stereocenters. The van der Waals surface area contributed by atoms with Gasteiger partial charge in [0.25, 0.3) is 5.56 Å². The molecule has 1 aromatic heterocycles. The predicted molar refractivity (Wildman–Crippen MR) is 124 cm³/mol. The Hall–Kier alpha value is -2.32. The van der Waals surface area contributed by atoms with Gasteiger partial charge in [-0.3, -0.25) is 14.3 Å². The minimum atomic E-state index is -0.411. The summed E-state index contributed by atoms with van der Waals surface area (Å²) in [6.45, 7) is 4.94. The molecule has 31 heavy (non-hydrogen) atoms. The average molecular weight is 447 g/mol. The molecular formula is C22H31ClN6O2. The number of hydrogen-bond acceptors (Lipinski definition) is 6. The van der Waals surface area contributed by atoms with Crippen LogP contribution in [-0.2, 0) is 14.1 Å². The molecular weight excluding hydrogens is 416 g/mol. The van der Waals surface area contributed by atoms with Crippen LogP contribution in [0.1, 0.15) is 25.7 Å². The molecule has 0 bridgehead atoms. The number of anilines is 2. The van der Waals surface area contributed by atoms with E-state index in [2.05, 4.69) is 26.3 Å². The van der Waals surface area contributed by atoms with Crippen LogP contribution in [0, 0.1) is 5.92 Å². The Bertz CT molecular complexity index is 1020. The molecule has 9 heteroatoms. The van der Waals surface area contributed by atoms with Crippen LogP contribution in [0.4, 0.5) is 11.5 Å². The van der Waals surface area contributed by atoms with Crippen LogP contribution in [0.3, 0.4) is 0 Å². The molecule has 1 aliphatic heterocycles. The third kappa shape index (κ3) is 4.96. The Balaban J connectivity index is 1.24. The molecule has 1 aliphatic carbocycles. The van der Waals surface area contributed by atoms with Crippen molar-refractivity contribution in [3.05, 3.63) is 50.1 Å². The van der Waals surface area contributed by atoms with Gasteiger partial charge in [-0.05, 0) is 49.8 Å². The Kier molecular flexibility index (Phi) is 6.67. The number of aromatic nitrogens is 3. The fourth-order valence-corrected chi connectivity index (χ4v) is 4.97. The molecule has 168 valence electrons. The maximum atomic E-state index is 12.2. The normalized spacial score (nSPS) is 22.5. The number of nitrogens with zero attached hydrogens (tertiary/aromatic N) is 5. The van der Waals surface area contributed by atoms with E-state index in [9.17, 15) is 9.59 Å². The van der Waals surface area contributed by atoms with Gasteiger partial charge in [0.1, 0.15) is 0 Å². The maximum absolute atomic E-state index is 12.2. The molecule has 1 saturated carbocycles. The first-order valence-corrected chi connectivity index (χ1v) is 11.4. The first-order chi connectivity index (χ1) is 14.9. The Morgan fingerprint density at radius 2 is 1.77 bits per heavy atom. The van der Waals surface area contributed by atoms with Crippen molar-refractivity contribution >= 4 is 23.1 Å². The second-order valence-corrected chi connectivity index (χ2v) is 9.11. The molecule has 0 spiro atoms. The van der Waals surface area contributed by atoms with Gasteiger partial charge in [0.15, 0.2) is 0 Å². The van der Waals surface area contributed by atoms with Crippen molar-refractivity contribution in [2.45, 2.75) is 31.7 Å². The van der Waals surface area contributed by atoms with E-state index in [1.54, 1.807) is 7.05 Å². The lowest BCUT2D eigenvalue weighted by molar-refractivity contribution is 0.131. The summed E-state index contributed by atoms with van der Waals surface area (Å²) in [5.41, 5.74) is 0.431. The van der Waals surface area contributed by atoms with E-state index < -0.39 is 5.69 Å². The number of aryl methyl sites for hydroxylation is 1. The number of nitrogens with one attached hydrogen (secondary N) is 1. The number of hydrogen-bond donors (Lipinski definition) is 1. The van der Waals surface area contributed by atoms with Crippen molar-refractivity contribution in [1.29, 1.82) is 0 Å². The highest BCUT2D eigenvalue weighted by Gasteiger charge is 2.28. The minimum absolute atomic E-state index is 0.254. The van der Waals surface area contributed by atoms with Crippen LogP contribution in [0.15, 0.2) is 33.9 Å². The second kappa shape index (κ2) is 9.44. The van der Waals surface area contributed by atoms with Gasteiger partial charge in [-0.25, -0.2) is 9.48 Å². The van der Waals surface area contributed by atoms with E-state index >= 15 is 0 Å². The lowest BCUT2D eigenvalue weighted by Gasteiger charge is -2.42. The second-order valence-electron chi connectivity index (χ2n) is 8.68. The van der Waals surface area contributed by atoms with Gasteiger partial charge >= 0.3 is 5.69 Å². The van der Waals surface area contributed by atoms with E-state index in [-0.39, 0.29) is 11.4 Å². The number of benzene rings is 1. The Morgan fingerprint density at radius 1 is 1.06 bits per heavy atom. The molecule has 2 fully saturated rings. The van der Waals surface area contributed by atoms with Crippen LogP contribution < -0.4 is 21.5 Å². The molecule has 0 radical (unpaired) electrons.